The predicted octanol–water partition coefficient (Wildman–Crippen LogP) is 3.63. The van der Waals surface area contributed by atoms with E-state index in [2.05, 4.69) is 4.98 Å². The molecule has 0 unspecified atom stereocenters. The summed E-state index contributed by atoms with van der Waals surface area (Å²) in [6, 6.07) is 7.51. The van der Waals surface area contributed by atoms with E-state index in [1.165, 1.54) is 0 Å². The van der Waals surface area contributed by atoms with Crippen molar-refractivity contribution < 1.29 is 9.53 Å². The first-order valence-electron chi connectivity index (χ1n) is 6.35. The van der Waals surface area contributed by atoms with Gasteiger partial charge in [0.15, 0.2) is 0 Å². The number of esters is 1. The molecule has 3 rings (SSSR count). The number of hydrogen-bond donors (Lipinski definition) is 0. The lowest BCUT2D eigenvalue weighted by Gasteiger charge is -2.05. The molecule has 0 saturated carbocycles. The second kappa shape index (κ2) is 4.80. The molecule has 20 heavy (non-hydrogen) atoms. The van der Waals surface area contributed by atoms with Crippen molar-refractivity contribution in [1.82, 2.24) is 9.38 Å². The summed E-state index contributed by atoms with van der Waals surface area (Å²) >= 11 is 5.97. The van der Waals surface area contributed by atoms with Crippen LogP contribution in [0, 0.1) is 6.92 Å². The fraction of sp³-hybridized carbons (Fsp3) is 0.200. The number of ether oxygens (including phenoxy) is 1. The van der Waals surface area contributed by atoms with E-state index in [0.717, 1.165) is 22.1 Å². The summed E-state index contributed by atoms with van der Waals surface area (Å²) in [5.41, 5.74) is 3.24. The molecule has 0 N–H and O–H groups in total. The molecule has 5 heteroatoms. The van der Waals surface area contributed by atoms with Gasteiger partial charge in [0, 0.05) is 17.1 Å². The van der Waals surface area contributed by atoms with Crippen molar-refractivity contribution in [3.63, 3.8) is 0 Å². The normalized spacial score (nSPS) is 11.2. The van der Waals surface area contributed by atoms with E-state index in [4.69, 9.17) is 16.3 Å². The van der Waals surface area contributed by atoms with E-state index in [0.29, 0.717) is 17.3 Å². The van der Waals surface area contributed by atoms with Crippen molar-refractivity contribution in [2.75, 3.05) is 6.61 Å². The van der Waals surface area contributed by atoms with Gasteiger partial charge in [0.25, 0.3) is 0 Å². The fourth-order valence-corrected chi connectivity index (χ4v) is 2.46. The Hall–Kier alpha value is -2.07. The molecule has 0 radical (unpaired) electrons. The van der Waals surface area contributed by atoms with E-state index in [1.807, 2.05) is 23.5 Å². The lowest BCUT2D eigenvalue weighted by atomic mass is 10.1. The molecule has 0 aromatic carbocycles. The Labute approximate surface area is 120 Å². The lowest BCUT2D eigenvalue weighted by molar-refractivity contribution is 0.0526. The van der Waals surface area contributed by atoms with Crippen LogP contribution in [0.4, 0.5) is 0 Å². The Balaban J connectivity index is 2.30. The topological polar surface area (TPSA) is 43.6 Å². The molecule has 4 nitrogen and oxygen atoms in total. The van der Waals surface area contributed by atoms with Crippen LogP contribution in [0.1, 0.15) is 22.8 Å². The van der Waals surface area contributed by atoms with Crippen LogP contribution in [0.25, 0.3) is 16.6 Å². The van der Waals surface area contributed by atoms with Crippen LogP contribution in [0.15, 0.2) is 30.5 Å². The van der Waals surface area contributed by atoms with Gasteiger partial charge < -0.3 is 9.14 Å². The first kappa shape index (κ1) is 12.9. The smallest absolute Gasteiger partial charge is 0.339 e. The number of carbonyl (C=O) groups excluding carboxylic acids is 1. The molecule has 0 amide bonds. The van der Waals surface area contributed by atoms with Crippen LogP contribution in [-0.2, 0) is 4.74 Å². The van der Waals surface area contributed by atoms with E-state index < -0.39 is 0 Å². The van der Waals surface area contributed by atoms with Gasteiger partial charge in [0.1, 0.15) is 10.8 Å². The third-order valence-electron chi connectivity index (χ3n) is 3.22. The average molecular weight is 289 g/mol. The summed E-state index contributed by atoms with van der Waals surface area (Å²) in [4.78, 5) is 16.2. The molecule has 102 valence electrons. The monoisotopic (exact) mass is 288 g/mol. The number of halogens is 1. The molecule has 0 fully saturated rings. The highest BCUT2D eigenvalue weighted by atomic mass is 35.5. The molecule has 3 aromatic heterocycles. The molecule has 0 aliphatic carbocycles. The molecule has 0 aliphatic rings. The standard InChI is InChI=1S/C15H13ClN2O2/c1-3-20-15(19)10-7-11-6-9(2)12-4-5-13(16)17-14(12)18(11)8-10/h4-8H,3H2,1-2H3. The van der Waals surface area contributed by atoms with Crippen LogP contribution >= 0.6 is 11.6 Å². The third-order valence-corrected chi connectivity index (χ3v) is 3.43. The molecule has 0 atom stereocenters. The molecule has 0 saturated heterocycles. The molecule has 3 heterocycles. The van der Waals surface area contributed by atoms with Crippen LogP contribution in [0.5, 0.6) is 0 Å². The maximum absolute atomic E-state index is 11.8. The summed E-state index contributed by atoms with van der Waals surface area (Å²) in [5.74, 6) is -0.330. The molecular weight excluding hydrogens is 276 g/mol. The van der Waals surface area contributed by atoms with Gasteiger partial charge in [-0.25, -0.2) is 9.78 Å². The number of fused-ring (bicyclic) bond motifs is 3. The summed E-state index contributed by atoms with van der Waals surface area (Å²) in [6.45, 7) is 4.15. The summed E-state index contributed by atoms with van der Waals surface area (Å²) < 4.78 is 6.89. The Kier molecular flexibility index (Phi) is 3.10. The van der Waals surface area contributed by atoms with Gasteiger partial charge in [0.05, 0.1) is 12.2 Å². The highest BCUT2D eigenvalue weighted by Gasteiger charge is 2.13. The van der Waals surface area contributed by atoms with Gasteiger partial charge in [0.2, 0.25) is 0 Å². The van der Waals surface area contributed by atoms with E-state index in [9.17, 15) is 4.79 Å². The van der Waals surface area contributed by atoms with Gasteiger partial charge in [-0.15, -0.1) is 0 Å². The highest BCUT2D eigenvalue weighted by molar-refractivity contribution is 6.29. The van der Waals surface area contributed by atoms with Crippen LogP contribution in [-0.4, -0.2) is 22.0 Å². The zero-order valence-electron chi connectivity index (χ0n) is 11.2. The second-order valence-electron chi connectivity index (χ2n) is 4.58. The first-order valence-corrected chi connectivity index (χ1v) is 6.73. The zero-order valence-corrected chi connectivity index (χ0v) is 11.9. The van der Waals surface area contributed by atoms with Crippen molar-refractivity contribution in [3.8, 4) is 0 Å². The minimum absolute atomic E-state index is 0.330. The van der Waals surface area contributed by atoms with Gasteiger partial charge in [-0.3, -0.25) is 0 Å². The number of hydrogen-bond acceptors (Lipinski definition) is 3. The van der Waals surface area contributed by atoms with Crippen molar-refractivity contribution in [3.05, 3.63) is 46.7 Å². The lowest BCUT2D eigenvalue weighted by Crippen LogP contribution is -2.02. The van der Waals surface area contributed by atoms with Crippen LogP contribution in [0.3, 0.4) is 0 Å². The van der Waals surface area contributed by atoms with Gasteiger partial charge in [-0.05, 0) is 43.7 Å². The maximum Gasteiger partial charge on any atom is 0.339 e. The molecule has 0 bridgehead atoms. The molecule has 0 spiro atoms. The van der Waals surface area contributed by atoms with Crippen molar-refractivity contribution in [1.29, 1.82) is 0 Å². The molecule has 0 aliphatic heterocycles. The minimum Gasteiger partial charge on any atom is -0.462 e. The summed E-state index contributed by atoms with van der Waals surface area (Å²) in [5, 5.41) is 1.43. The Morgan fingerprint density at radius 3 is 2.95 bits per heavy atom. The van der Waals surface area contributed by atoms with E-state index in [1.54, 1.807) is 25.3 Å². The van der Waals surface area contributed by atoms with Gasteiger partial charge in [-0.1, -0.05) is 11.6 Å². The second-order valence-corrected chi connectivity index (χ2v) is 4.96. The van der Waals surface area contributed by atoms with Crippen LogP contribution < -0.4 is 0 Å². The Bertz CT molecular complexity index is 823. The van der Waals surface area contributed by atoms with E-state index >= 15 is 0 Å². The number of rotatable bonds is 2. The first-order chi connectivity index (χ1) is 9.60. The quantitative estimate of drug-likeness (QED) is 0.534. The Morgan fingerprint density at radius 1 is 1.40 bits per heavy atom. The maximum atomic E-state index is 11.8. The molecular formula is C15H13ClN2O2. The average Bonchev–Trinajstić information content (AvgIpc) is 2.83. The largest absolute Gasteiger partial charge is 0.462 e. The third kappa shape index (κ3) is 2.02. The number of pyridine rings is 2. The van der Waals surface area contributed by atoms with Gasteiger partial charge >= 0.3 is 5.97 Å². The molecule has 3 aromatic rings. The van der Waals surface area contributed by atoms with E-state index in [-0.39, 0.29) is 5.97 Å². The minimum atomic E-state index is -0.330. The number of aromatic nitrogens is 2. The van der Waals surface area contributed by atoms with Crippen molar-refractivity contribution >= 4 is 34.1 Å². The highest BCUT2D eigenvalue weighted by Crippen LogP contribution is 2.23. The number of nitrogens with zero attached hydrogens (tertiary/aromatic N) is 2. The summed E-state index contributed by atoms with van der Waals surface area (Å²) in [7, 11) is 0. The van der Waals surface area contributed by atoms with Crippen molar-refractivity contribution in [2.45, 2.75) is 13.8 Å². The predicted molar refractivity (Wildman–Crippen MR) is 78.4 cm³/mol. The van der Waals surface area contributed by atoms with Crippen LogP contribution in [0.2, 0.25) is 5.15 Å². The van der Waals surface area contributed by atoms with Gasteiger partial charge in [-0.2, -0.15) is 0 Å². The summed E-state index contributed by atoms with van der Waals surface area (Å²) in [6.07, 6.45) is 1.73. The Morgan fingerprint density at radius 2 is 2.20 bits per heavy atom. The fourth-order valence-electron chi connectivity index (χ4n) is 2.32. The number of aryl methyl sites for hydroxylation is 1. The van der Waals surface area contributed by atoms with Crippen molar-refractivity contribution in [2.24, 2.45) is 0 Å². The SMILES string of the molecule is CCOC(=O)c1cc2cc(C)c3ccc(Cl)nc3n2c1. The zero-order chi connectivity index (χ0) is 14.3. The number of carbonyl (C=O) groups is 1.